The van der Waals surface area contributed by atoms with E-state index in [0.29, 0.717) is 11.4 Å². The number of hydrogen-bond acceptors (Lipinski definition) is 1. The zero-order valence-corrected chi connectivity index (χ0v) is 10.3. The molecule has 3 nitrogen and oxygen atoms in total. The third-order valence-electron chi connectivity index (χ3n) is 2.89. The maximum Gasteiger partial charge on any atom is 0.326 e. The summed E-state index contributed by atoms with van der Waals surface area (Å²) >= 11 is 6.07. The van der Waals surface area contributed by atoms with Crippen LogP contribution in [0.4, 0.5) is 0 Å². The average molecular weight is 252 g/mol. The van der Waals surface area contributed by atoms with Crippen molar-refractivity contribution in [2.75, 3.05) is 0 Å². The predicted molar refractivity (Wildman–Crippen MR) is 68.5 cm³/mol. The first-order valence-corrected chi connectivity index (χ1v) is 6.00. The van der Waals surface area contributed by atoms with E-state index in [2.05, 4.69) is 0 Å². The molecule has 2 rings (SSSR count). The maximum absolute atomic E-state index is 11.3. The number of nitrogens with zero attached hydrogens (tertiary/aromatic N) is 1. The topological polar surface area (TPSA) is 42.2 Å². The Morgan fingerprint density at radius 3 is 2.88 bits per heavy atom. The van der Waals surface area contributed by atoms with Gasteiger partial charge in [-0.15, -0.1) is 0 Å². The van der Waals surface area contributed by atoms with Gasteiger partial charge in [0.1, 0.15) is 6.04 Å². The van der Waals surface area contributed by atoms with Gasteiger partial charge < -0.3 is 9.67 Å². The van der Waals surface area contributed by atoms with Crippen LogP contribution in [0.3, 0.4) is 0 Å². The Hall–Kier alpha value is -1.48. The molecule has 4 heteroatoms. The molecular formula is C13H14ClNO2. The number of carbonyl (C=O) groups is 1. The molecule has 1 atom stereocenters. The molecule has 0 radical (unpaired) electrons. The normalized spacial score (nSPS) is 12.8. The first-order chi connectivity index (χ1) is 8.15. The van der Waals surface area contributed by atoms with Crippen LogP contribution < -0.4 is 0 Å². The van der Waals surface area contributed by atoms with Gasteiger partial charge in [0.25, 0.3) is 0 Å². The minimum Gasteiger partial charge on any atom is -0.480 e. The Morgan fingerprint density at radius 2 is 2.24 bits per heavy atom. The van der Waals surface area contributed by atoms with Crippen molar-refractivity contribution < 1.29 is 9.90 Å². The van der Waals surface area contributed by atoms with E-state index in [0.717, 1.165) is 17.3 Å². The van der Waals surface area contributed by atoms with E-state index in [1.54, 1.807) is 10.8 Å². The average Bonchev–Trinajstić information content (AvgIpc) is 2.70. The highest BCUT2D eigenvalue weighted by molar-refractivity contribution is 6.35. The molecule has 1 aromatic heterocycles. The standard InChI is InChI=1S/C13H14ClNO2/c1-2-4-12(13(16)17)15-8-7-9-10(14)5-3-6-11(9)15/h3,5-8,12H,2,4H2,1H3,(H,16,17). The molecule has 0 fully saturated rings. The Labute approximate surface area is 105 Å². The Balaban J connectivity index is 2.54. The van der Waals surface area contributed by atoms with Crippen LogP contribution in [0.15, 0.2) is 30.5 Å². The van der Waals surface area contributed by atoms with Gasteiger partial charge >= 0.3 is 5.97 Å². The van der Waals surface area contributed by atoms with Gasteiger partial charge in [0.05, 0.1) is 5.52 Å². The van der Waals surface area contributed by atoms with E-state index in [1.807, 2.05) is 31.2 Å². The third-order valence-corrected chi connectivity index (χ3v) is 3.22. The minimum absolute atomic E-state index is 0.518. The van der Waals surface area contributed by atoms with Crippen molar-refractivity contribution in [3.63, 3.8) is 0 Å². The number of benzene rings is 1. The van der Waals surface area contributed by atoms with Crippen LogP contribution in [0.25, 0.3) is 10.9 Å². The highest BCUT2D eigenvalue weighted by Gasteiger charge is 2.20. The Morgan fingerprint density at radius 1 is 1.47 bits per heavy atom. The molecule has 0 aliphatic rings. The van der Waals surface area contributed by atoms with Crippen LogP contribution in [0, 0.1) is 0 Å². The van der Waals surface area contributed by atoms with E-state index in [4.69, 9.17) is 11.6 Å². The first-order valence-electron chi connectivity index (χ1n) is 5.63. The summed E-state index contributed by atoms with van der Waals surface area (Å²) in [6, 6.07) is 6.89. The largest absolute Gasteiger partial charge is 0.480 e. The highest BCUT2D eigenvalue weighted by atomic mass is 35.5. The van der Waals surface area contributed by atoms with E-state index in [9.17, 15) is 9.90 Å². The molecule has 0 spiro atoms. The summed E-state index contributed by atoms with van der Waals surface area (Å²) in [7, 11) is 0. The molecule has 0 aliphatic carbocycles. The van der Waals surface area contributed by atoms with Crippen LogP contribution in [0.2, 0.25) is 5.02 Å². The van der Waals surface area contributed by atoms with Crippen molar-refractivity contribution in [3.8, 4) is 0 Å². The van der Waals surface area contributed by atoms with Gasteiger partial charge in [-0.3, -0.25) is 0 Å². The van der Waals surface area contributed by atoms with E-state index < -0.39 is 12.0 Å². The summed E-state index contributed by atoms with van der Waals surface area (Å²) in [6.45, 7) is 1.98. The molecule has 0 saturated heterocycles. The van der Waals surface area contributed by atoms with Crippen molar-refractivity contribution >= 4 is 28.5 Å². The number of hydrogen-bond donors (Lipinski definition) is 1. The van der Waals surface area contributed by atoms with E-state index >= 15 is 0 Å². The van der Waals surface area contributed by atoms with Crippen LogP contribution in [-0.2, 0) is 4.79 Å². The first kappa shape index (κ1) is 12.0. The summed E-state index contributed by atoms with van der Waals surface area (Å²) in [5.74, 6) is -0.802. The molecule has 1 unspecified atom stereocenters. The molecule has 0 saturated carbocycles. The Kier molecular flexibility index (Phi) is 3.38. The molecule has 2 aromatic rings. The molecule has 0 aliphatic heterocycles. The second-order valence-electron chi connectivity index (χ2n) is 4.04. The quantitative estimate of drug-likeness (QED) is 0.900. The fourth-order valence-corrected chi connectivity index (χ4v) is 2.31. The summed E-state index contributed by atoms with van der Waals surface area (Å²) in [6.07, 6.45) is 3.24. The lowest BCUT2D eigenvalue weighted by atomic mass is 10.1. The molecule has 90 valence electrons. The van der Waals surface area contributed by atoms with E-state index in [1.165, 1.54) is 0 Å². The van der Waals surface area contributed by atoms with Gasteiger partial charge in [0.15, 0.2) is 0 Å². The molecule has 1 N–H and O–H groups in total. The highest BCUT2D eigenvalue weighted by Crippen LogP contribution is 2.28. The van der Waals surface area contributed by atoms with Gasteiger partial charge in [0.2, 0.25) is 0 Å². The molecule has 17 heavy (non-hydrogen) atoms. The van der Waals surface area contributed by atoms with Crippen LogP contribution >= 0.6 is 11.6 Å². The van der Waals surface area contributed by atoms with Gasteiger partial charge in [-0.05, 0) is 24.6 Å². The number of rotatable bonds is 4. The smallest absolute Gasteiger partial charge is 0.326 e. The van der Waals surface area contributed by atoms with E-state index in [-0.39, 0.29) is 0 Å². The number of aliphatic carboxylic acids is 1. The van der Waals surface area contributed by atoms with Gasteiger partial charge in [-0.1, -0.05) is 31.0 Å². The SMILES string of the molecule is CCCC(C(=O)O)n1ccc2c(Cl)cccc21. The molecule has 0 bridgehead atoms. The monoisotopic (exact) mass is 251 g/mol. The second kappa shape index (κ2) is 4.80. The Bertz CT molecular complexity index is 547. The van der Waals surface area contributed by atoms with Crippen LogP contribution in [0.1, 0.15) is 25.8 Å². The predicted octanol–water partition coefficient (Wildman–Crippen LogP) is 3.72. The molecular weight excluding hydrogens is 238 g/mol. The fourth-order valence-electron chi connectivity index (χ4n) is 2.08. The van der Waals surface area contributed by atoms with Crippen molar-refractivity contribution in [3.05, 3.63) is 35.5 Å². The number of aromatic nitrogens is 1. The second-order valence-corrected chi connectivity index (χ2v) is 4.45. The van der Waals surface area contributed by atoms with Crippen LogP contribution in [-0.4, -0.2) is 15.6 Å². The van der Waals surface area contributed by atoms with Gasteiger partial charge in [-0.25, -0.2) is 4.79 Å². The molecule has 0 amide bonds. The number of halogens is 1. The zero-order valence-electron chi connectivity index (χ0n) is 9.56. The third kappa shape index (κ3) is 2.15. The molecule has 1 aromatic carbocycles. The van der Waals surface area contributed by atoms with Crippen molar-refractivity contribution in [1.82, 2.24) is 4.57 Å². The number of carboxylic acids is 1. The van der Waals surface area contributed by atoms with Gasteiger partial charge in [0, 0.05) is 16.6 Å². The summed E-state index contributed by atoms with van der Waals surface area (Å²) < 4.78 is 1.78. The summed E-state index contributed by atoms with van der Waals surface area (Å²) in [5, 5.41) is 10.8. The minimum atomic E-state index is -0.802. The number of carboxylic acid groups (broad SMARTS) is 1. The van der Waals surface area contributed by atoms with Gasteiger partial charge in [-0.2, -0.15) is 0 Å². The van der Waals surface area contributed by atoms with Crippen molar-refractivity contribution in [1.29, 1.82) is 0 Å². The van der Waals surface area contributed by atoms with Crippen LogP contribution in [0.5, 0.6) is 0 Å². The van der Waals surface area contributed by atoms with Crippen molar-refractivity contribution in [2.24, 2.45) is 0 Å². The molecule has 1 heterocycles. The summed E-state index contributed by atoms with van der Waals surface area (Å²) in [5.41, 5.74) is 0.873. The maximum atomic E-state index is 11.3. The fraction of sp³-hybridized carbons (Fsp3) is 0.308. The zero-order chi connectivity index (χ0) is 12.4. The lowest BCUT2D eigenvalue weighted by Crippen LogP contribution is -2.17. The summed E-state index contributed by atoms with van der Waals surface area (Å²) in [4.78, 5) is 11.3. The lowest BCUT2D eigenvalue weighted by Gasteiger charge is -2.14. The van der Waals surface area contributed by atoms with Crippen molar-refractivity contribution in [2.45, 2.75) is 25.8 Å². The number of fused-ring (bicyclic) bond motifs is 1. The lowest BCUT2D eigenvalue weighted by molar-refractivity contribution is -0.141.